The molecule has 2 heterocycles. The van der Waals surface area contributed by atoms with E-state index in [1.807, 2.05) is 30.3 Å². The van der Waals surface area contributed by atoms with Gasteiger partial charge in [-0.3, -0.25) is 14.9 Å². The van der Waals surface area contributed by atoms with Crippen molar-refractivity contribution in [1.82, 2.24) is 14.8 Å². The van der Waals surface area contributed by atoms with E-state index in [1.165, 1.54) is 4.68 Å². The molecule has 9 nitrogen and oxygen atoms in total. The summed E-state index contributed by atoms with van der Waals surface area (Å²) in [5.41, 5.74) is 1.66. The van der Waals surface area contributed by atoms with Crippen LogP contribution in [0.3, 0.4) is 0 Å². The number of nitrogens with one attached hydrogen (secondary N) is 2. The number of aromatic nitrogens is 3. The fourth-order valence-electron chi connectivity index (χ4n) is 3.11. The molecule has 152 valence electrons. The Balaban J connectivity index is 1.54. The lowest BCUT2D eigenvalue weighted by Gasteiger charge is -2.22. The SMILES string of the molecule is CCOC(=O)c1ccc(NC(=O)C2CC(=O)Nc3nc(-c4ccccc4)nn32)cc1. The Kier molecular flexibility index (Phi) is 5.25. The predicted molar refractivity (Wildman–Crippen MR) is 109 cm³/mol. The normalized spacial score (nSPS) is 15.1. The van der Waals surface area contributed by atoms with E-state index in [2.05, 4.69) is 20.7 Å². The zero-order valence-electron chi connectivity index (χ0n) is 16.2. The maximum atomic E-state index is 12.9. The molecule has 1 atom stereocenters. The van der Waals surface area contributed by atoms with E-state index >= 15 is 0 Å². The number of rotatable bonds is 5. The van der Waals surface area contributed by atoms with Crippen LogP contribution in [-0.4, -0.2) is 39.2 Å². The Labute approximate surface area is 172 Å². The van der Waals surface area contributed by atoms with Crippen molar-refractivity contribution in [3.8, 4) is 11.4 Å². The Morgan fingerprint density at radius 2 is 1.90 bits per heavy atom. The van der Waals surface area contributed by atoms with Gasteiger partial charge in [-0.05, 0) is 31.2 Å². The minimum absolute atomic E-state index is 0.0582. The molecule has 2 amide bonds. The highest BCUT2D eigenvalue weighted by atomic mass is 16.5. The van der Waals surface area contributed by atoms with E-state index in [0.29, 0.717) is 17.1 Å². The van der Waals surface area contributed by atoms with Crippen molar-refractivity contribution in [2.24, 2.45) is 0 Å². The van der Waals surface area contributed by atoms with Gasteiger partial charge in [0.25, 0.3) is 0 Å². The maximum absolute atomic E-state index is 12.9. The van der Waals surface area contributed by atoms with Crippen molar-refractivity contribution in [2.45, 2.75) is 19.4 Å². The van der Waals surface area contributed by atoms with Crippen molar-refractivity contribution in [2.75, 3.05) is 17.2 Å². The number of ether oxygens (including phenoxy) is 1. The molecule has 0 saturated carbocycles. The number of benzene rings is 2. The molecule has 9 heteroatoms. The van der Waals surface area contributed by atoms with Crippen LogP contribution < -0.4 is 10.6 Å². The molecule has 2 N–H and O–H groups in total. The van der Waals surface area contributed by atoms with Crippen molar-refractivity contribution < 1.29 is 19.1 Å². The second kappa shape index (κ2) is 8.16. The number of anilines is 2. The minimum Gasteiger partial charge on any atom is -0.462 e. The molecular formula is C21H19N5O4. The Bertz CT molecular complexity index is 1090. The molecule has 1 unspecified atom stereocenters. The number of hydrogen-bond donors (Lipinski definition) is 2. The van der Waals surface area contributed by atoms with Crippen molar-refractivity contribution in [3.63, 3.8) is 0 Å². The number of nitrogens with zero attached hydrogens (tertiary/aromatic N) is 3. The van der Waals surface area contributed by atoms with Gasteiger partial charge < -0.3 is 10.1 Å². The highest BCUT2D eigenvalue weighted by Gasteiger charge is 2.33. The quantitative estimate of drug-likeness (QED) is 0.631. The molecular weight excluding hydrogens is 386 g/mol. The Morgan fingerprint density at radius 1 is 1.17 bits per heavy atom. The Hall–Kier alpha value is -4.01. The van der Waals surface area contributed by atoms with Crippen LogP contribution in [0.25, 0.3) is 11.4 Å². The minimum atomic E-state index is -0.844. The first-order valence-electron chi connectivity index (χ1n) is 9.45. The summed E-state index contributed by atoms with van der Waals surface area (Å²) in [5, 5.41) is 9.84. The van der Waals surface area contributed by atoms with Crippen LogP contribution in [0.4, 0.5) is 11.6 Å². The summed E-state index contributed by atoms with van der Waals surface area (Å²) in [6.45, 7) is 2.01. The molecule has 30 heavy (non-hydrogen) atoms. The van der Waals surface area contributed by atoms with E-state index in [-0.39, 0.29) is 24.9 Å². The van der Waals surface area contributed by atoms with Crippen molar-refractivity contribution >= 4 is 29.4 Å². The van der Waals surface area contributed by atoms with Crippen LogP contribution in [0, 0.1) is 0 Å². The van der Waals surface area contributed by atoms with E-state index < -0.39 is 17.9 Å². The fourth-order valence-corrected chi connectivity index (χ4v) is 3.11. The van der Waals surface area contributed by atoms with Gasteiger partial charge in [-0.2, -0.15) is 4.98 Å². The average molecular weight is 405 g/mol. The standard InChI is InChI=1S/C21H19N5O4/c1-2-30-20(29)14-8-10-15(11-9-14)22-19(28)16-12-17(27)23-21-24-18(25-26(16)21)13-6-4-3-5-7-13/h3-11,16H,2,12H2,1H3,(H,22,28)(H,23,24,25,27). The van der Waals surface area contributed by atoms with Gasteiger partial charge in [-0.25, -0.2) is 9.48 Å². The van der Waals surface area contributed by atoms with Gasteiger partial charge >= 0.3 is 5.97 Å². The van der Waals surface area contributed by atoms with Gasteiger partial charge in [0.2, 0.25) is 17.8 Å². The van der Waals surface area contributed by atoms with Crippen molar-refractivity contribution in [3.05, 3.63) is 60.2 Å². The van der Waals surface area contributed by atoms with Gasteiger partial charge in [-0.1, -0.05) is 30.3 Å². The van der Waals surface area contributed by atoms with Gasteiger partial charge in [-0.15, -0.1) is 5.10 Å². The first-order chi connectivity index (χ1) is 14.5. The number of fused-ring (bicyclic) bond motifs is 1. The van der Waals surface area contributed by atoms with Crippen LogP contribution in [0.5, 0.6) is 0 Å². The summed E-state index contributed by atoms with van der Waals surface area (Å²) in [6.07, 6.45) is -0.0582. The summed E-state index contributed by atoms with van der Waals surface area (Å²) >= 11 is 0. The molecule has 0 bridgehead atoms. The van der Waals surface area contributed by atoms with Crippen LogP contribution in [0.15, 0.2) is 54.6 Å². The molecule has 1 aliphatic rings. The number of carbonyl (C=O) groups is 3. The lowest BCUT2D eigenvalue weighted by Crippen LogP contribution is -2.36. The zero-order valence-corrected chi connectivity index (χ0v) is 16.2. The third-order valence-electron chi connectivity index (χ3n) is 4.55. The Morgan fingerprint density at radius 3 is 2.60 bits per heavy atom. The number of hydrogen-bond acceptors (Lipinski definition) is 6. The van der Waals surface area contributed by atoms with E-state index in [0.717, 1.165) is 5.56 Å². The largest absolute Gasteiger partial charge is 0.462 e. The molecule has 4 rings (SSSR count). The average Bonchev–Trinajstić information content (AvgIpc) is 3.18. The van der Waals surface area contributed by atoms with Crippen LogP contribution >= 0.6 is 0 Å². The number of esters is 1. The highest BCUT2D eigenvalue weighted by Crippen LogP contribution is 2.27. The van der Waals surface area contributed by atoms with E-state index in [1.54, 1.807) is 31.2 Å². The third kappa shape index (κ3) is 3.90. The van der Waals surface area contributed by atoms with Crippen LogP contribution in [-0.2, 0) is 14.3 Å². The number of amides is 2. The molecule has 2 aromatic carbocycles. The molecule has 0 spiro atoms. The monoisotopic (exact) mass is 405 g/mol. The molecule has 0 radical (unpaired) electrons. The summed E-state index contributed by atoms with van der Waals surface area (Å²) < 4.78 is 6.37. The summed E-state index contributed by atoms with van der Waals surface area (Å²) in [6, 6.07) is 14.8. The zero-order chi connectivity index (χ0) is 21.1. The summed E-state index contributed by atoms with van der Waals surface area (Å²) in [7, 11) is 0. The fraction of sp³-hybridized carbons (Fsp3) is 0.190. The van der Waals surface area contributed by atoms with Crippen LogP contribution in [0.2, 0.25) is 0 Å². The van der Waals surface area contributed by atoms with Crippen LogP contribution in [0.1, 0.15) is 29.7 Å². The van der Waals surface area contributed by atoms with Gasteiger partial charge in [0.15, 0.2) is 5.82 Å². The lowest BCUT2D eigenvalue weighted by molar-refractivity contribution is -0.125. The van der Waals surface area contributed by atoms with Crippen molar-refractivity contribution in [1.29, 1.82) is 0 Å². The van der Waals surface area contributed by atoms with Gasteiger partial charge in [0.05, 0.1) is 18.6 Å². The predicted octanol–water partition coefficient (Wildman–Crippen LogP) is 2.64. The second-order valence-corrected chi connectivity index (χ2v) is 6.62. The topological polar surface area (TPSA) is 115 Å². The highest BCUT2D eigenvalue weighted by molar-refractivity contribution is 6.01. The van der Waals surface area contributed by atoms with E-state index in [9.17, 15) is 14.4 Å². The second-order valence-electron chi connectivity index (χ2n) is 6.62. The van der Waals surface area contributed by atoms with Gasteiger partial charge in [0, 0.05) is 11.3 Å². The molecule has 1 aliphatic heterocycles. The molecule has 0 fully saturated rings. The van der Waals surface area contributed by atoms with Gasteiger partial charge in [0.1, 0.15) is 6.04 Å². The third-order valence-corrected chi connectivity index (χ3v) is 4.55. The molecule has 0 aliphatic carbocycles. The summed E-state index contributed by atoms with van der Waals surface area (Å²) in [4.78, 5) is 41.1. The molecule has 3 aromatic rings. The first kappa shape index (κ1) is 19.3. The number of carbonyl (C=O) groups excluding carboxylic acids is 3. The first-order valence-corrected chi connectivity index (χ1v) is 9.45. The molecule has 0 saturated heterocycles. The smallest absolute Gasteiger partial charge is 0.338 e. The maximum Gasteiger partial charge on any atom is 0.338 e. The van der Waals surface area contributed by atoms with E-state index in [4.69, 9.17) is 4.74 Å². The molecule has 1 aromatic heterocycles. The summed E-state index contributed by atoms with van der Waals surface area (Å²) in [5.74, 6) is -0.501. The lowest BCUT2D eigenvalue weighted by atomic mass is 10.1.